The van der Waals surface area contributed by atoms with Gasteiger partial charge in [-0.2, -0.15) is 0 Å². The van der Waals surface area contributed by atoms with Gasteiger partial charge in [-0.25, -0.2) is 9.78 Å². The highest BCUT2D eigenvalue weighted by Gasteiger charge is 2.33. The van der Waals surface area contributed by atoms with E-state index < -0.39 is 5.60 Å². The van der Waals surface area contributed by atoms with Gasteiger partial charge in [0.2, 0.25) is 0 Å². The molecule has 2 atom stereocenters. The monoisotopic (exact) mass is 322 g/mol. The second-order valence-corrected chi connectivity index (χ2v) is 7.17. The molecule has 0 aliphatic carbocycles. The molecule has 1 aromatic rings. The normalized spacial score (nSPS) is 22.2. The van der Waals surface area contributed by atoms with Gasteiger partial charge in [0, 0.05) is 37.6 Å². The number of hydrogen-bond acceptors (Lipinski definition) is 4. The molecule has 1 saturated heterocycles. The van der Waals surface area contributed by atoms with E-state index in [0.29, 0.717) is 0 Å². The van der Waals surface area contributed by atoms with E-state index in [9.17, 15) is 4.79 Å². The van der Waals surface area contributed by atoms with Crippen LogP contribution in [0.5, 0.6) is 0 Å². The summed E-state index contributed by atoms with van der Waals surface area (Å²) in [5.41, 5.74) is -0.455. The van der Waals surface area contributed by atoms with E-state index in [2.05, 4.69) is 28.7 Å². The van der Waals surface area contributed by atoms with Gasteiger partial charge in [0.1, 0.15) is 11.4 Å². The summed E-state index contributed by atoms with van der Waals surface area (Å²) in [6.07, 6.45) is 5.66. The first kappa shape index (κ1) is 17.8. The average Bonchev–Trinajstić information content (AvgIpc) is 2.91. The van der Waals surface area contributed by atoms with E-state index >= 15 is 0 Å². The zero-order valence-electron chi connectivity index (χ0n) is 15.0. The molecule has 2 rings (SSSR count). The Morgan fingerprint density at radius 1 is 1.48 bits per heavy atom. The van der Waals surface area contributed by atoms with Crippen molar-refractivity contribution in [2.24, 2.45) is 0 Å². The Labute approximate surface area is 139 Å². The summed E-state index contributed by atoms with van der Waals surface area (Å²) in [6.45, 7) is 12.3. The lowest BCUT2D eigenvalue weighted by molar-refractivity contribution is 0.00694. The molecule has 0 bridgehead atoms. The minimum atomic E-state index is -0.455. The summed E-state index contributed by atoms with van der Waals surface area (Å²) >= 11 is 0. The molecule has 2 unspecified atom stereocenters. The molecule has 2 heterocycles. The fourth-order valence-corrected chi connectivity index (χ4v) is 3.01. The predicted octanol–water partition coefficient (Wildman–Crippen LogP) is 2.78. The maximum atomic E-state index is 12.4. The van der Waals surface area contributed by atoms with Gasteiger partial charge in [-0.05, 0) is 47.5 Å². The number of nitrogens with one attached hydrogen (secondary N) is 1. The van der Waals surface area contributed by atoms with Gasteiger partial charge in [-0.15, -0.1) is 0 Å². The van der Waals surface area contributed by atoms with Gasteiger partial charge in [-0.1, -0.05) is 0 Å². The van der Waals surface area contributed by atoms with Crippen molar-refractivity contribution in [1.82, 2.24) is 19.8 Å². The zero-order chi connectivity index (χ0) is 17.0. The summed E-state index contributed by atoms with van der Waals surface area (Å²) in [6, 6.07) is 0.377. The van der Waals surface area contributed by atoms with Crippen LogP contribution in [0.3, 0.4) is 0 Å². The van der Waals surface area contributed by atoms with Crippen molar-refractivity contribution >= 4 is 6.09 Å². The van der Waals surface area contributed by atoms with Gasteiger partial charge in [-0.3, -0.25) is 0 Å². The third kappa shape index (κ3) is 4.70. The molecule has 6 nitrogen and oxygen atoms in total. The molecule has 1 fully saturated rings. The molecule has 130 valence electrons. The topological polar surface area (TPSA) is 59.4 Å². The molecule has 1 amide bonds. The van der Waals surface area contributed by atoms with E-state index in [0.717, 1.165) is 38.3 Å². The number of aryl methyl sites for hydroxylation is 1. The molecule has 23 heavy (non-hydrogen) atoms. The second kappa shape index (κ2) is 7.34. The number of hydrogen-bond donors (Lipinski definition) is 1. The van der Waals surface area contributed by atoms with Gasteiger partial charge in [0.05, 0.1) is 6.54 Å². The van der Waals surface area contributed by atoms with E-state index in [1.54, 1.807) is 0 Å². The van der Waals surface area contributed by atoms with E-state index in [1.807, 2.05) is 38.1 Å². The number of carbonyl (C=O) groups is 1. The number of imidazole rings is 1. The Morgan fingerprint density at radius 3 is 2.87 bits per heavy atom. The van der Waals surface area contributed by atoms with Crippen molar-refractivity contribution in [2.75, 3.05) is 6.54 Å². The summed E-state index contributed by atoms with van der Waals surface area (Å²) < 4.78 is 7.66. The molecule has 1 N–H and O–H groups in total. The molecular formula is C17H30N4O2. The van der Waals surface area contributed by atoms with E-state index in [1.165, 1.54) is 0 Å². The number of rotatable bonds is 4. The SMILES string of the molecule is CCn1ccnc1CNC1CCCN(C(=O)OC(C)(C)C)C1C. The molecule has 0 saturated carbocycles. The number of amides is 1. The predicted molar refractivity (Wildman–Crippen MR) is 90.2 cm³/mol. The fourth-order valence-electron chi connectivity index (χ4n) is 3.01. The highest BCUT2D eigenvalue weighted by Crippen LogP contribution is 2.21. The van der Waals surface area contributed by atoms with Crippen molar-refractivity contribution in [3.8, 4) is 0 Å². The van der Waals surface area contributed by atoms with Gasteiger partial charge < -0.3 is 19.5 Å². The lowest BCUT2D eigenvalue weighted by Gasteiger charge is -2.40. The van der Waals surface area contributed by atoms with Crippen LogP contribution >= 0.6 is 0 Å². The van der Waals surface area contributed by atoms with Crippen LogP contribution in [-0.2, 0) is 17.8 Å². The molecule has 0 spiro atoms. The van der Waals surface area contributed by atoms with Crippen molar-refractivity contribution in [3.05, 3.63) is 18.2 Å². The standard InChI is InChI=1S/C17H30N4O2/c1-6-20-11-9-18-15(20)12-19-14-8-7-10-21(13(14)2)16(22)23-17(3,4)5/h9,11,13-14,19H,6-8,10,12H2,1-5H3. The number of likely N-dealkylation sites (tertiary alicyclic amines) is 1. The van der Waals surface area contributed by atoms with Crippen LogP contribution in [0.2, 0.25) is 0 Å². The first-order chi connectivity index (χ1) is 10.8. The zero-order valence-corrected chi connectivity index (χ0v) is 15.0. The van der Waals surface area contributed by atoms with Crippen LogP contribution in [0.25, 0.3) is 0 Å². The van der Waals surface area contributed by atoms with Gasteiger partial charge >= 0.3 is 6.09 Å². The van der Waals surface area contributed by atoms with Gasteiger partial charge in [0.25, 0.3) is 0 Å². The number of aromatic nitrogens is 2. The molecular weight excluding hydrogens is 292 g/mol. The molecule has 6 heteroatoms. The molecule has 1 aromatic heterocycles. The molecule has 1 aliphatic heterocycles. The Kier molecular flexibility index (Phi) is 5.68. The first-order valence-electron chi connectivity index (χ1n) is 8.55. The van der Waals surface area contributed by atoms with Crippen LogP contribution in [0.15, 0.2) is 12.4 Å². The molecule has 0 radical (unpaired) electrons. The lowest BCUT2D eigenvalue weighted by Crippen LogP contribution is -2.55. The minimum Gasteiger partial charge on any atom is -0.444 e. The number of nitrogens with zero attached hydrogens (tertiary/aromatic N) is 3. The Balaban J connectivity index is 1.94. The number of carbonyl (C=O) groups excluding carboxylic acids is 1. The van der Waals surface area contributed by atoms with Gasteiger partial charge in [0.15, 0.2) is 0 Å². The smallest absolute Gasteiger partial charge is 0.410 e. The van der Waals surface area contributed by atoms with Crippen molar-refractivity contribution in [3.63, 3.8) is 0 Å². The first-order valence-corrected chi connectivity index (χ1v) is 8.55. The van der Waals surface area contributed by atoms with Crippen LogP contribution < -0.4 is 5.32 Å². The summed E-state index contributed by atoms with van der Waals surface area (Å²) in [5, 5.41) is 3.56. The van der Waals surface area contributed by atoms with Crippen LogP contribution in [0.1, 0.15) is 53.3 Å². The van der Waals surface area contributed by atoms with E-state index in [-0.39, 0.29) is 18.2 Å². The summed E-state index contributed by atoms with van der Waals surface area (Å²) in [5.74, 6) is 1.04. The Hall–Kier alpha value is -1.56. The minimum absolute atomic E-state index is 0.114. The highest BCUT2D eigenvalue weighted by molar-refractivity contribution is 5.68. The molecule has 1 aliphatic rings. The van der Waals surface area contributed by atoms with E-state index in [4.69, 9.17) is 4.74 Å². The quantitative estimate of drug-likeness (QED) is 0.926. The Morgan fingerprint density at radius 2 is 2.22 bits per heavy atom. The summed E-state index contributed by atoms with van der Waals surface area (Å²) in [7, 11) is 0. The second-order valence-electron chi connectivity index (χ2n) is 7.17. The number of ether oxygens (including phenoxy) is 1. The van der Waals surface area contributed by atoms with Crippen LogP contribution in [0.4, 0.5) is 4.79 Å². The lowest BCUT2D eigenvalue weighted by atomic mass is 9.98. The highest BCUT2D eigenvalue weighted by atomic mass is 16.6. The summed E-state index contributed by atoms with van der Waals surface area (Å²) in [4.78, 5) is 18.6. The third-order valence-corrected chi connectivity index (χ3v) is 4.28. The van der Waals surface area contributed by atoms with Crippen LogP contribution in [-0.4, -0.2) is 44.8 Å². The van der Waals surface area contributed by atoms with Crippen molar-refractivity contribution < 1.29 is 9.53 Å². The Bertz CT molecular complexity index is 521. The molecule has 0 aromatic carbocycles. The van der Waals surface area contributed by atoms with Crippen molar-refractivity contribution in [1.29, 1.82) is 0 Å². The average molecular weight is 322 g/mol. The number of piperidine rings is 1. The maximum absolute atomic E-state index is 12.4. The maximum Gasteiger partial charge on any atom is 0.410 e. The third-order valence-electron chi connectivity index (χ3n) is 4.28. The fraction of sp³-hybridized carbons (Fsp3) is 0.765. The van der Waals surface area contributed by atoms with Crippen molar-refractivity contribution in [2.45, 2.75) is 78.2 Å². The van der Waals surface area contributed by atoms with Crippen LogP contribution in [0, 0.1) is 0 Å². The largest absolute Gasteiger partial charge is 0.444 e.